The largest absolute Gasteiger partial charge is 0.337 e. The highest BCUT2D eigenvalue weighted by molar-refractivity contribution is 7.86. The van der Waals surface area contributed by atoms with Crippen LogP contribution in [0.5, 0.6) is 0 Å². The number of hydrogen-bond donors (Lipinski definition) is 0. The van der Waals surface area contributed by atoms with Crippen molar-refractivity contribution in [3.63, 3.8) is 0 Å². The minimum atomic E-state index is -3.55. The fraction of sp³-hybridized carbons (Fsp3) is 0.571. The molecule has 2 atom stereocenters. The van der Waals surface area contributed by atoms with Crippen LogP contribution in [0, 0.1) is 0 Å². The first-order valence-corrected chi connectivity index (χ1v) is 5.48. The molecule has 0 bridgehead atoms. The maximum Gasteiger partial charge on any atom is 0.267 e. The lowest BCUT2D eigenvalue weighted by Crippen LogP contribution is -2.28. The quantitative estimate of drug-likeness (QED) is 0.364. The van der Waals surface area contributed by atoms with Crippen molar-refractivity contribution in [1.29, 1.82) is 0 Å². The van der Waals surface area contributed by atoms with Gasteiger partial charge < -0.3 is 9.53 Å². The van der Waals surface area contributed by atoms with Crippen molar-refractivity contribution in [3.05, 3.63) is 12.2 Å². The Morgan fingerprint density at radius 3 is 2.85 bits per heavy atom. The normalized spacial score (nSPS) is 28.7. The van der Waals surface area contributed by atoms with Gasteiger partial charge in [0.15, 0.2) is 6.29 Å². The number of carbonyl (C=O) groups excluding carboxylic acids is 1. The van der Waals surface area contributed by atoms with Crippen molar-refractivity contribution in [2.45, 2.75) is 18.8 Å². The second-order valence-electron chi connectivity index (χ2n) is 2.64. The first kappa shape index (κ1) is 10.4. The van der Waals surface area contributed by atoms with Crippen LogP contribution in [0.2, 0.25) is 0 Å². The molecule has 6 heteroatoms. The van der Waals surface area contributed by atoms with E-state index in [0.29, 0.717) is 12.7 Å². The third-order valence-electron chi connectivity index (χ3n) is 1.39. The Balaban J connectivity index is 2.58. The smallest absolute Gasteiger partial charge is 0.267 e. The average Bonchev–Trinajstić information content (AvgIpc) is 2.01. The van der Waals surface area contributed by atoms with Gasteiger partial charge in [0.2, 0.25) is 0 Å². The molecule has 0 radical (unpaired) electrons. The minimum absolute atomic E-state index is 0.452. The number of aldehydes is 1. The zero-order valence-corrected chi connectivity index (χ0v) is 7.86. The minimum Gasteiger partial charge on any atom is -0.337 e. The van der Waals surface area contributed by atoms with Gasteiger partial charge in [-0.2, -0.15) is 8.42 Å². The molecule has 1 rings (SSSR count). The summed E-state index contributed by atoms with van der Waals surface area (Å²) in [4.78, 5) is 10.3. The van der Waals surface area contributed by atoms with Crippen LogP contribution in [0.1, 0.15) is 6.42 Å². The zero-order valence-electron chi connectivity index (χ0n) is 7.04. The summed E-state index contributed by atoms with van der Waals surface area (Å²) >= 11 is 0. The van der Waals surface area contributed by atoms with E-state index >= 15 is 0 Å². The van der Waals surface area contributed by atoms with Gasteiger partial charge >= 0.3 is 0 Å². The lowest BCUT2D eigenvalue weighted by atomic mass is 10.2. The van der Waals surface area contributed by atoms with Crippen LogP contribution in [-0.2, 0) is 23.8 Å². The van der Waals surface area contributed by atoms with Gasteiger partial charge in [-0.25, -0.2) is 4.18 Å². The molecule has 0 saturated heterocycles. The highest BCUT2D eigenvalue weighted by Crippen LogP contribution is 2.13. The summed E-state index contributed by atoms with van der Waals surface area (Å²) < 4.78 is 30.8. The Morgan fingerprint density at radius 1 is 1.62 bits per heavy atom. The van der Waals surface area contributed by atoms with Gasteiger partial charge in [0, 0.05) is 0 Å². The van der Waals surface area contributed by atoms with Crippen molar-refractivity contribution in [3.8, 4) is 0 Å². The van der Waals surface area contributed by atoms with E-state index in [1.165, 1.54) is 6.08 Å². The maximum absolute atomic E-state index is 10.7. The molecule has 74 valence electrons. The molecule has 1 unspecified atom stereocenters. The highest BCUT2D eigenvalue weighted by atomic mass is 32.2. The molecule has 0 saturated carbocycles. The van der Waals surface area contributed by atoms with E-state index in [9.17, 15) is 13.2 Å². The van der Waals surface area contributed by atoms with Gasteiger partial charge in [0.1, 0.15) is 12.4 Å². The fourth-order valence-corrected chi connectivity index (χ4v) is 1.37. The standard InChI is InChI=1S/C7H10O5S/c1-13(9,10)12-7-4-2-3-6(5-8)11-7/h2,4-7H,3H2,1H3/t6-,7?/m1/s1. The molecule has 0 spiro atoms. The zero-order chi connectivity index (χ0) is 9.90. The molecule has 0 aromatic heterocycles. The van der Waals surface area contributed by atoms with Crippen LogP contribution >= 0.6 is 0 Å². The number of carbonyl (C=O) groups is 1. The second-order valence-corrected chi connectivity index (χ2v) is 4.24. The lowest BCUT2D eigenvalue weighted by molar-refractivity contribution is -0.133. The van der Waals surface area contributed by atoms with Gasteiger partial charge in [0.25, 0.3) is 10.1 Å². The van der Waals surface area contributed by atoms with E-state index < -0.39 is 22.5 Å². The Labute approximate surface area is 76.5 Å². The van der Waals surface area contributed by atoms with Crippen LogP contribution in [0.25, 0.3) is 0 Å². The SMILES string of the molecule is CS(=O)(=O)OC1C=CC[C@H](C=O)O1. The molecule has 1 heterocycles. The van der Waals surface area contributed by atoms with E-state index in [0.717, 1.165) is 6.26 Å². The average molecular weight is 206 g/mol. The Kier molecular flexibility index (Phi) is 3.18. The monoisotopic (exact) mass is 206 g/mol. The van der Waals surface area contributed by atoms with Crippen LogP contribution in [0.4, 0.5) is 0 Å². The molecule has 1 aliphatic heterocycles. The van der Waals surface area contributed by atoms with Crippen molar-refractivity contribution in [2.24, 2.45) is 0 Å². The second kappa shape index (κ2) is 3.99. The summed E-state index contributed by atoms with van der Waals surface area (Å²) in [6.07, 6.45) is 3.51. The van der Waals surface area contributed by atoms with Crippen LogP contribution in [-0.4, -0.2) is 33.4 Å². The Morgan fingerprint density at radius 2 is 2.31 bits per heavy atom. The molecule has 0 amide bonds. The summed E-state index contributed by atoms with van der Waals surface area (Å²) in [5, 5.41) is 0. The molecular weight excluding hydrogens is 196 g/mol. The molecule has 0 aromatic rings. The summed E-state index contributed by atoms with van der Waals surface area (Å²) in [5.41, 5.74) is 0. The van der Waals surface area contributed by atoms with Crippen molar-refractivity contribution in [1.82, 2.24) is 0 Å². The summed E-state index contributed by atoms with van der Waals surface area (Å²) in [6.45, 7) is 0. The first-order valence-electron chi connectivity index (χ1n) is 3.67. The highest BCUT2D eigenvalue weighted by Gasteiger charge is 2.21. The third kappa shape index (κ3) is 3.67. The lowest BCUT2D eigenvalue weighted by Gasteiger charge is -2.20. The summed E-state index contributed by atoms with van der Waals surface area (Å²) in [7, 11) is -3.55. The molecule has 13 heavy (non-hydrogen) atoms. The van der Waals surface area contributed by atoms with Gasteiger partial charge in [-0.3, -0.25) is 0 Å². The van der Waals surface area contributed by atoms with E-state index in [2.05, 4.69) is 4.18 Å². The van der Waals surface area contributed by atoms with Gasteiger partial charge in [0.05, 0.1) is 6.26 Å². The Hall–Kier alpha value is -0.720. The van der Waals surface area contributed by atoms with E-state index in [1.54, 1.807) is 6.08 Å². The van der Waals surface area contributed by atoms with Crippen molar-refractivity contribution < 1.29 is 22.1 Å². The van der Waals surface area contributed by atoms with Crippen molar-refractivity contribution >= 4 is 16.4 Å². The molecule has 0 aromatic carbocycles. The molecule has 0 fully saturated rings. The maximum atomic E-state index is 10.7. The molecule has 0 N–H and O–H groups in total. The van der Waals surface area contributed by atoms with E-state index in [-0.39, 0.29) is 0 Å². The van der Waals surface area contributed by atoms with Crippen LogP contribution < -0.4 is 0 Å². The van der Waals surface area contributed by atoms with Gasteiger partial charge in [-0.15, -0.1) is 0 Å². The predicted molar refractivity (Wildman–Crippen MR) is 44.4 cm³/mol. The van der Waals surface area contributed by atoms with E-state index in [4.69, 9.17) is 4.74 Å². The van der Waals surface area contributed by atoms with Crippen LogP contribution in [0.15, 0.2) is 12.2 Å². The third-order valence-corrected chi connectivity index (χ3v) is 1.93. The molecular formula is C7H10O5S. The summed E-state index contributed by atoms with van der Waals surface area (Å²) in [6, 6.07) is 0. The van der Waals surface area contributed by atoms with Crippen LogP contribution in [0.3, 0.4) is 0 Å². The van der Waals surface area contributed by atoms with Gasteiger partial charge in [-0.1, -0.05) is 6.08 Å². The topological polar surface area (TPSA) is 69.7 Å². The number of rotatable bonds is 3. The fourth-order valence-electron chi connectivity index (χ4n) is 0.912. The molecule has 1 aliphatic rings. The number of hydrogen-bond acceptors (Lipinski definition) is 5. The van der Waals surface area contributed by atoms with Crippen molar-refractivity contribution in [2.75, 3.05) is 6.26 Å². The molecule has 5 nitrogen and oxygen atoms in total. The van der Waals surface area contributed by atoms with E-state index in [1.807, 2.05) is 0 Å². The van der Waals surface area contributed by atoms with Gasteiger partial charge in [-0.05, 0) is 12.5 Å². The summed E-state index contributed by atoms with van der Waals surface area (Å²) in [5.74, 6) is 0. The Bertz CT molecular complexity index is 305. The number of ether oxygens (including phenoxy) is 1. The first-order chi connectivity index (χ1) is 6.01. The predicted octanol–water partition coefficient (Wildman–Crippen LogP) is -0.167. The molecule has 0 aliphatic carbocycles.